The van der Waals surface area contributed by atoms with Crippen molar-refractivity contribution >= 4 is 33.2 Å². The van der Waals surface area contributed by atoms with Crippen molar-refractivity contribution in [2.24, 2.45) is 0 Å². The molecule has 0 bridgehead atoms. The molecule has 1 amide bonds. The Bertz CT molecular complexity index is 1250. The minimum absolute atomic E-state index is 0.0307. The van der Waals surface area contributed by atoms with Gasteiger partial charge in [-0.15, -0.1) is 0 Å². The van der Waals surface area contributed by atoms with E-state index in [9.17, 15) is 9.59 Å². The van der Waals surface area contributed by atoms with E-state index in [4.69, 9.17) is 0 Å². The quantitative estimate of drug-likeness (QED) is 0.315. The zero-order chi connectivity index (χ0) is 24.1. The van der Waals surface area contributed by atoms with Crippen LogP contribution in [0.2, 0.25) is 0 Å². The summed E-state index contributed by atoms with van der Waals surface area (Å²) in [5.41, 5.74) is 2.77. The number of Topliss-reactive ketones (excluding diaryl/α,β-unsaturated/α-hetero) is 1. The molecule has 4 heteroatoms. The highest BCUT2D eigenvalue weighted by Gasteiger charge is 2.22. The minimum atomic E-state index is -0.589. The lowest BCUT2D eigenvalue weighted by atomic mass is 9.91. The van der Waals surface area contributed by atoms with Gasteiger partial charge in [-0.1, -0.05) is 81.4 Å². The summed E-state index contributed by atoms with van der Waals surface area (Å²) in [7, 11) is 0. The number of hydrogen-bond donors (Lipinski definition) is 2. The third kappa shape index (κ3) is 5.35. The monoisotopic (exact) mass is 452 g/mol. The molecule has 1 unspecified atom stereocenters. The predicted octanol–water partition coefficient (Wildman–Crippen LogP) is 5.81. The minimum Gasteiger partial charge on any atom is -0.342 e. The Morgan fingerprint density at radius 1 is 0.824 bits per heavy atom. The molecule has 0 aliphatic carbocycles. The molecule has 2 N–H and O–H groups in total. The maximum Gasteiger partial charge on any atom is 0.251 e. The van der Waals surface area contributed by atoms with Gasteiger partial charge in [-0.3, -0.25) is 9.59 Å². The smallest absolute Gasteiger partial charge is 0.251 e. The van der Waals surface area contributed by atoms with Crippen molar-refractivity contribution in [3.05, 3.63) is 95.6 Å². The van der Waals surface area contributed by atoms with Gasteiger partial charge in [-0.2, -0.15) is 0 Å². The lowest BCUT2D eigenvalue weighted by Gasteiger charge is -2.20. The molecule has 4 rings (SSSR count). The molecule has 1 atom stereocenters. The first kappa shape index (κ1) is 23.7. The Hall–Kier alpha value is -3.50. The van der Waals surface area contributed by atoms with Crippen LogP contribution in [0.25, 0.3) is 21.5 Å². The Morgan fingerprint density at radius 3 is 1.97 bits per heavy atom. The van der Waals surface area contributed by atoms with Crippen molar-refractivity contribution in [3.8, 4) is 0 Å². The molecule has 4 aromatic carbocycles. The van der Waals surface area contributed by atoms with Crippen molar-refractivity contribution < 1.29 is 9.59 Å². The first-order valence-electron chi connectivity index (χ1n) is 12.0. The highest BCUT2D eigenvalue weighted by molar-refractivity contribution is 6.03. The van der Waals surface area contributed by atoms with E-state index >= 15 is 0 Å². The van der Waals surface area contributed by atoms with Crippen LogP contribution in [0, 0.1) is 0 Å². The molecule has 0 aromatic heterocycles. The number of fused-ring (bicyclic) bond motifs is 2. The molecule has 0 saturated carbocycles. The fourth-order valence-corrected chi connectivity index (χ4v) is 4.36. The van der Waals surface area contributed by atoms with Crippen LogP contribution in [0.3, 0.4) is 0 Å². The Kier molecular flexibility index (Phi) is 7.39. The summed E-state index contributed by atoms with van der Waals surface area (Å²) in [5, 5.41) is 10.9. The fraction of sp³-hybridized carbons (Fsp3) is 0.267. The number of carbonyl (C=O) groups is 2. The van der Waals surface area contributed by atoms with Gasteiger partial charge in [-0.05, 0) is 50.9 Å². The second-order valence-electron chi connectivity index (χ2n) is 9.08. The van der Waals surface area contributed by atoms with E-state index in [0.29, 0.717) is 24.4 Å². The molecule has 0 spiro atoms. The van der Waals surface area contributed by atoms with E-state index in [1.165, 1.54) is 0 Å². The average molecular weight is 453 g/mol. The molecule has 4 nitrogen and oxygen atoms in total. The summed E-state index contributed by atoms with van der Waals surface area (Å²) in [5.74, 6) is -0.192. The molecule has 0 saturated heterocycles. The van der Waals surface area contributed by atoms with Crippen LogP contribution in [-0.2, 0) is 17.8 Å². The van der Waals surface area contributed by atoms with Gasteiger partial charge in [0.25, 0.3) is 5.91 Å². The van der Waals surface area contributed by atoms with E-state index in [-0.39, 0.29) is 11.7 Å². The average Bonchev–Trinajstić information content (AvgIpc) is 2.86. The third-order valence-electron chi connectivity index (χ3n) is 6.26. The number of rotatable bonds is 9. The largest absolute Gasteiger partial charge is 0.342 e. The summed E-state index contributed by atoms with van der Waals surface area (Å²) in [6.45, 7) is 6.81. The summed E-state index contributed by atoms with van der Waals surface area (Å²) in [4.78, 5) is 26.0. The first-order chi connectivity index (χ1) is 16.5. The Morgan fingerprint density at radius 2 is 1.41 bits per heavy atom. The molecular formula is C30H32N2O2. The highest BCUT2D eigenvalue weighted by atomic mass is 16.2. The van der Waals surface area contributed by atoms with E-state index in [0.717, 1.165) is 39.2 Å². The van der Waals surface area contributed by atoms with Gasteiger partial charge in [0.05, 0.1) is 6.04 Å². The second-order valence-corrected chi connectivity index (χ2v) is 9.08. The van der Waals surface area contributed by atoms with E-state index in [2.05, 4.69) is 54.8 Å². The lowest BCUT2D eigenvalue weighted by molar-refractivity contribution is -0.120. The molecule has 0 aliphatic rings. The third-order valence-corrected chi connectivity index (χ3v) is 6.26. The second kappa shape index (κ2) is 10.6. The number of benzene rings is 4. The normalized spacial score (nSPS) is 12.2. The van der Waals surface area contributed by atoms with E-state index in [1.807, 2.05) is 55.5 Å². The molecule has 0 radical (unpaired) electrons. The van der Waals surface area contributed by atoms with Gasteiger partial charge in [0.1, 0.15) is 0 Å². The van der Waals surface area contributed by atoms with Crippen molar-refractivity contribution in [2.75, 3.05) is 0 Å². The topological polar surface area (TPSA) is 58.2 Å². The molecule has 0 aliphatic heterocycles. The molecule has 4 aromatic rings. The van der Waals surface area contributed by atoms with Crippen LogP contribution in [0.4, 0.5) is 0 Å². The van der Waals surface area contributed by atoms with Crippen LogP contribution >= 0.6 is 0 Å². The first-order valence-corrected chi connectivity index (χ1v) is 12.0. The van der Waals surface area contributed by atoms with Crippen LogP contribution in [0.5, 0.6) is 0 Å². The van der Waals surface area contributed by atoms with Crippen LogP contribution < -0.4 is 10.6 Å². The van der Waals surface area contributed by atoms with Crippen LogP contribution in [-0.4, -0.2) is 23.8 Å². The van der Waals surface area contributed by atoms with Crippen molar-refractivity contribution in [1.82, 2.24) is 10.6 Å². The van der Waals surface area contributed by atoms with Crippen LogP contribution in [0.15, 0.2) is 78.9 Å². The molecular weight excluding hydrogens is 420 g/mol. The number of carbonyl (C=O) groups excluding carboxylic acids is 2. The number of nitrogens with one attached hydrogen (secondary N) is 2. The fourth-order valence-electron chi connectivity index (χ4n) is 4.36. The number of ketones is 1. The van der Waals surface area contributed by atoms with Gasteiger partial charge < -0.3 is 10.6 Å². The van der Waals surface area contributed by atoms with Crippen molar-refractivity contribution in [1.29, 1.82) is 0 Å². The summed E-state index contributed by atoms with van der Waals surface area (Å²) < 4.78 is 0. The zero-order valence-electron chi connectivity index (χ0n) is 20.1. The summed E-state index contributed by atoms with van der Waals surface area (Å²) >= 11 is 0. The van der Waals surface area contributed by atoms with Crippen molar-refractivity contribution in [3.63, 3.8) is 0 Å². The maximum absolute atomic E-state index is 13.1. The SMILES string of the molecule is CCC(=O)C(Cc1c2ccccc2cc2ccccc12)NC(=O)c1ccc(CNC(C)C)cc1. The van der Waals surface area contributed by atoms with E-state index < -0.39 is 6.04 Å². The highest BCUT2D eigenvalue weighted by Crippen LogP contribution is 2.29. The van der Waals surface area contributed by atoms with Gasteiger partial charge in [-0.25, -0.2) is 0 Å². The predicted molar refractivity (Wildman–Crippen MR) is 140 cm³/mol. The Balaban J connectivity index is 1.62. The van der Waals surface area contributed by atoms with Crippen LogP contribution in [0.1, 0.15) is 48.7 Å². The van der Waals surface area contributed by atoms with Crippen molar-refractivity contribution in [2.45, 2.75) is 52.2 Å². The standard InChI is InChI=1S/C30H32N2O2/c1-4-29(33)28(32-30(34)22-15-13-21(14-16-22)19-31-20(2)3)18-27-25-11-7-5-9-23(25)17-24-10-6-8-12-26(24)27/h5-17,20,28,31H,4,18-19H2,1-3H3,(H,32,34). The maximum atomic E-state index is 13.1. The molecule has 34 heavy (non-hydrogen) atoms. The lowest BCUT2D eigenvalue weighted by Crippen LogP contribution is -2.42. The van der Waals surface area contributed by atoms with Gasteiger partial charge in [0, 0.05) is 31.0 Å². The summed E-state index contributed by atoms with van der Waals surface area (Å²) in [6.07, 6.45) is 0.824. The Labute approximate surface area is 201 Å². The number of hydrogen-bond acceptors (Lipinski definition) is 3. The summed E-state index contributed by atoms with van der Waals surface area (Å²) in [6, 6.07) is 26.0. The molecule has 0 heterocycles. The van der Waals surface area contributed by atoms with E-state index in [1.54, 1.807) is 0 Å². The van der Waals surface area contributed by atoms with Gasteiger partial charge >= 0.3 is 0 Å². The zero-order valence-corrected chi connectivity index (χ0v) is 20.1. The number of amides is 1. The van der Waals surface area contributed by atoms with Gasteiger partial charge in [0.15, 0.2) is 5.78 Å². The van der Waals surface area contributed by atoms with Gasteiger partial charge in [0.2, 0.25) is 0 Å². The molecule has 0 fully saturated rings. The molecule has 174 valence electrons.